The zero-order valence-electron chi connectivity index (χ0n) is 9.59. The predicted octanol–water partition coefficient (Wildman–Crippen LogP) is 2.54. The lowest BCUT2D eigenvalue weighted by Gasteiger charge is -2.35. The molecule has 1 unspecified atom stereocenters. The summed E-state index contributed by atoms with van der Waals surface area (Å²) < 4.78 is 0. The van der Waals surface area contributed by atoms with Crippen LogP contribution in [-0.4, -0.2) is 18.1 Å². The van der Waals surface area contributed by atoms with E-state index in [1.54, 1.807) is 0 Å². The summed E-state index contributed by atoms with van der Waals surface area (Å²) in [6.07, 6.45) is 8.34. The van der Waals surface area contributed by atoms with Gasteiger partial charge in [0, 0.05) is 18.9 Å². The summed E-state index contributed by atoms with van der Waals surface area (Å²) in [6.45, 7) is 4.56. The van der Waals surface area contributed by atoms with Crippen LogP contribution in [-0.2, 0) is 0 Å². The maximum Gasteiger partial charge on any atom is 0.101 e. The number of nitrogens with zero attached hydrogens (tertiary/aromatic N) is 1. The lowest BCUT2D eigenvalue weighted by atomic mass is 9.81. The van der Waals surface area contributed by atoms with Crippen molar-refractivity contribution in [2.75, 3.05) is 7.05 Å². The van der Waals surface area contributed by atoms with Gasteiger partial charge in [0.05, 0.1) is 0 Å². The summed E-state index contributed by atoms with van der Waals surface area (Å²) >= 11 is 0. The van der Waals surface area contributed by atoms with Gasteiger partial charge in [0.2, 0.25) is 0 Å². The minimum Gasteiger partial charge on any atom is -0.370 e. The molecule has 0 bridgehead atoms. The molecule has 0 aromatic carbocycles. The predicted molar refractivity (Wildman–Crippen MR) is 59.6 cm³/mol. The van der Waals surface area contributed by atoms with Crippen LogP contribution in [0.25, 0.3) is 0 Å². The average Bonchev–Trinajstić information content (AvgIpc) is 2.50. The average molecular weight is 194 g/mol. The lowest BCUT2D eigenvalue weighted by molar-refractivity contribution is 0.158. The van der Waals surface area contributed by atoms with Crippen LogP contribution in [0.3, 0.4) is 0 Å². The summed E-state index contributed by atoms with van der Waals surface area (Å²) in [6, 6.07) is 0. The molecule has 1 heterocycles. The molecule has 2 aliphatic rings. The molecule has 0 aromatic heterocycles. The van der Waals surface area contributed by atoms with Crippen molar-refractivity contribution in [3.05, 3.63) is 11.9 Å². The van der Waals surface area contributed by atoms with E-state index in [0.717, 1.165) is 11.8 Å². The Labute approximate surface area is 87.4 Å². The van der Waals surface area contributed by atoms with Crippen LogP contribution < -0.4 is 5.32 Å². The van der Waals surface area contributed by atoms with Crippen molar-refractivity contribution in [2.24, 2.45) is 11.8 Å². The Kier molecular flexibility index (Phi) is 2.71. The molecule has 80 valence electrons. The van der Waals surface area contributed by atoms with E-state index in [1.165, 1.54) is 31.4 Å². The van der Waals surface area contributed by atoms with Crippen molar-refractivity contribution in [1.82, 2.24) is 10.2 Å². The van der Waals surface area contributed by atoms with Crippen LogP contribution in [0.4, 0.5) is 0 Å². The molecular formula is C12H22N2. The van der Waals surface area contributed by atoms with Gasteiger partial charge in [-0.25, -0.2) is 0 Å². The molecule has 1 atom stereocenters. The van der Waals surface area contributed by atoms with Gasteiger partial charge in [0.1, 0.15) is 6.17 Å². The van der Waals surface area contributed by atoms with Gasteiger partial charge in [-0.2, -0.15) is 0 Å². The van der Waals surface area contributed by atoms with Gasteiger partial charge < -0.3 is 10.2 Å². The zero-order valence-corrected chi connectivity index (χ0v) is 9.59. The fourth-order valence-corrected chi connectivity index (χ4v) is 2.69. The molecule has 2 heteroatoms. The lowest BCUT2D eigenvalue weighted by Crippen LogP contribution is -2.42. The van der Waals surface area contributed by atoms with E-state index >= 15 is 0 Å². The molecule has 2 rings (SSSR count). The molecule has 1 saturated carbocycles. The third-order valence-corrected chi connectivity index (χ3v) is 3.94. The van der Waals surface area contributed by atoms with E-state index in [1.807, 2.05) is 0 Å². The van der Waals surface area contributed by atoms with E-state index < -0.39 is 0 Å². The first-order valence-electron chi connectivity index (χ1n) is 5.84. The Bertz CT molecular complexity index is 226. The second-order valence-electron chi connectivity index (χ2n) is 5.03. The van der Waals surface area contributed by atoms with Crippen molar-refractivity contribution >= 4 is 0 Å². The molecule has 0 radical (unpaired) electrons. The Balaban J connectivity index is 1.91. The number of rotatable bonds is 1. The molecule has 1 aliphatic heterocycles. The van der Waals surface area contributed by atoms with Gasteiger partial charge >= 0.3 is 0 Å². The fraction of sp³-hybridized carbons (Fsp3) is 0.833. The molecule has 0 aromatic rings. The molecule has 1 fully saturated rings. The van der Waals surface area contributed by atoms with Crippen LogP contribution in [0.2, 0.25) is 0 Å². The Hall–Kier alpha value is -0.660. The molecule has 1 N–H and O–H groups in total. The maximum absolute atomic E-state index is 3.50. The summed E-state index contributed by atoms with van der Waals surface area (Å²) in [7, 11) is 2.20. The summed E-state index contributed by atoms with van der Waals surface area (Å²) in [5, 5.41) is 3.50. The van der Waals surface area contributed by atoms with E-state index in [0.29, 0.717) is 6.17 Å². The summed E-state index contributed by atoms with van der Waals surface area (Å²) in [4.78, 5) is 2.39. The molecule has 0 amide bonds. The second-order valence-corrected chi connectivity index (χ2v) is 5.03. The summed E-state index contributed by atoms with van der Waals surface area (Å²) in [5.74, 6) is 1.80. The highest BCUT2D eigenvalue weighted by molar-refractivity contribution is 5.06. The van der Waals surface area contributed by atoms with Gasteiger partial charge in [-0.1, -0.05) is 19.8 Å². The van der Waals surface area contributed by atoms with Crippen LogP contribution in [0, 0.1) is 11.8 Å². The minimum absolute atomic E-state index is 0.572. The Morgan fingerprint density at radius 2 is 1.93 bits per heavy atom. The van der Waals surface area contributed by atoms with E-state index in [-0.39, 0.29) is 0 Å². The number of hydrogen-bond donors (Lipinski definition) is 1. The van der Waals surface area contributed by atoms with E-state index in [9.17, 15) is 0 Å². The summed E-state index contributed by atoms with van der Waals surface area (Å²) in [5.41, 5.74) is 1.37. The molecule has 1 aliphatic carbocycles. The second kappa shape index (κ2) is 3.84. The van der Waals surface area contributed by atoms with E-state index in [4.69, 9.17) is 0 Å². The smallest absolute Gasteiger partial charge is 0.101 e. The molecular weight excluding hydrogens is 172 g/mol. The third kappa shape index (κ3) is 1.75. The molecule has 2 nitrogen and oxygen atoms in total. The highest BCUT2D eigenvalue weighted by atomic mass is 15.3. The Morgan fingerprint density at radius 1 is 1.29 bits per heavy atom. The van der Waals surface area contributed by atoms with Crippen molar-refractivity contribution in [3.8, 4) is 0 Å². The normalized spacial score (nSPS) is 38.1. The number of nitrogens with one attached hydrogen (secondary N) is 1. The number of hydrogen-bond acceptors (Lipinski definition) is 2. The van der Waals surface area contributed by atoms with Crippen molar-refractivity contribution in [1.29, 1.82) is 0 Å². The molecule has 14 heavy (non-hydrogen) atoms. The van der Waals surface area contributed by atoms with Crippen LogP contribution in [0.15, 0.2) is 11.9 Å². The van der Waals surface area contributed by atoms with Gasteiger partial charge in [-0.15, -0.1) is 0 Å². The van der Waals surface area contributed by atoms with Gasteiger partial charge in [0.25, 0.3) is 0 Å². The third-order valence-electron chi connectivity index (χ3n) is 3.94. The van der Waals surface area contributed by atoms with Crippen LogP contribution in [0.1, 0.15) is 39.5 Å². The molecule has 0 spiro atoms. The van der Waals surface area contributed by atoms with E-state index in [2.05, 4.69) is 37.3 Å². The fourth-order valence-electron chi connectivity index (χ4n) is 2.69. The van der Waals surface area contributed by atoms with Crippen molar-refractivity contribution < 1.29 is 0 Å². The minimum atomic E-state index is 0.572. The van der Waals surface area contributed by atoms with Crippen molar-refractivity contribution in [2.45, 2.75) is 45.7 Å². The van der Waals surface area contributed by atoms with Gasteiger partial charge in [-0.05, 0) is 31.6 Å². The molecule has 0 saturated heterocycles. The van der Waals surface area contributed by atoms with Gasteiger partial charge in [0.15, 0.2) is 0 Å². The monoisotopic (exact) mass is 194 g/mol. The largest absolute Gasteiger partial charge is 0.370 e. The number of allylic oxidation sites excluding steroid dienone is 1. The topological polar surface area (TPSA) is 15.3 Å². The maximum atomic E-state index is 3.50. The highest BCUT2D eigenvalue weighted by Crippen LogP contribution is 2.33. The first-order chi connectivity index (χ1) is 6.68. The SMILES string of the molecule is CC1=CNC(C2CCC(C)CC2)N1C. The van der Waals surface area contributed by atoms with Crippen LogP contribution >= 0.6 is 0 Å². The van der Waals surface area contributed by atoms with Crippen LogP contribution in [0.5, 0.6) is 0 Å². The highest BCUT2D eigenvalue weighted by Gasteiger charge is 2.30. The first-order valence-corrected chi connectivity index (χ1v) is 5.84. The van der Waals surface area contributed by atoms with Crippen molar-refractivity contribution in [3.63, 3.8) is 0 Å². The quantitative estimate of drug-likeness (QED) is 0.690. The Morgan fingerprint density at radius 3 is 2.43 bits per heavy atom. The first kappa shape index (κ1) is 9.88. The standard InChI is InChI=1S/C12H22N2/c1-9-4-6-11(7-5-9)12-13-8-10(2)14(12)3/h8-9,11-13H,4-7H2,1-3H3. The van der Waals surface area contributed by atoms with Gasteiger partial charge in [-0.3, -0.25) is 0 Å². The zero-order chi connectivity index (χ0) is 10.1.